The summed E-state index contributed by atoms with van der Waals surface area (Å²) in [5.74, 6) is -0.618. The highest BCUT2D eigenvalue weighted by Crippen LogP contribution is 2.21. The van der Waals surface area contributed by atoms with Crippen LogP contribution >= 0.6 is 0 Å². The van der Waals surface area contributed by atoms with Crippen molar-refractivity contribution in [1.29, 1.82) is 0 Å². The molecule has 0 aliphatic carbocycles. The van der Waals surface area contributed by atoms with Crippen LogP contribution in [0.2, 0.25) is 0 Å². The summed E-state index contributed by atoms with van der Waals surface area (Å²) in [5, 5.41) is 0. The fraction of sp³-hybridized carbons (Fsp3) is 0.364. The molecule has 0 bridgehead atoms. The SMILES string of the molecule is CC(C)(Cc1ccc(F)cc1)C(N)=O. The largest absolute Gasteiger partial charge is 0.369 e. The van der Waals surface area contributed by atoms with Gasteiger partial charge >= 0.3 is 0 Å². The van der Waals surface area contributed by atoms with Gasteiger partial charge in [0.25, 0.3) is 0 Å². The van der Waals surface area contributed by atoms with E-state index in [9.17, 15) is 9.18 Å². The molecule has 0 unspecified atom stereocenters. The zero-order valence-electron chi connectivity index (χ0n) is 8.38. The maximum atomic E-state index is 12.6. The van der Waals surface area contributed by atoms with Crippen LogP contribution in [0.3, 0.4) is 0 Å². The van der Waals surface area contributed by atoms with Gasteiger partial charge in [0.2, 0.25) is 5.91 Å². The summed E-state index contributed by atoms with van der Waals surface area (Å²) < 4.78 is 12.6. The van der Waals surface area contributed by atoms with Crippen LogP contribution in [0.4, 0.5) is 4.39 Å². The van der Waals surface area contributed by atoms with E-state index in [2.05, 4.69) is 0 Å². The van der Waals surface area contributed by atoms with Crippen LogP contribution in [0.25, 0.3) is 0 Å². The third-order valence-corrected chi connectivity index (χ3v) is 2.23. The Kier molecular flexibility index (Phi) is 2.89. The van der Waals surface area contributed by atoms with Gasteiger partial charge in [-0.15, -0.1) is 0 Å². The molecule has 2 N–H and O–H groups in total. The highest BCUT2D eigenvalue weighted by atomic mass is 19.1. The van der Waals surface area contributed by atoms with Gasteiger partial charge in [-0.05, 0) is 24.1 Å². The quantitative estimate of drug-likeness (QED) is 0.786. The van der Waals surface area contributed by atoms with E-state index in [0.717, 1.165) is 5.56 Å². The van der Waals surface area contributed by atoms with Crippen LogP contribution in [0.1, 0.15) is 19.4 Å². The average Bonchev–Trinajstić information content (AvgIpc) is 2.08. The Labute approximate surface area is 82.9 Å². The molecule has 0 fully saturated rings. The number of primary amides is 1. The van der Waals surface area contributed by atoms with Crippen molar-refractivity contribution >= 4 is 5.91 Å². The normalized spacial score (nSPS) is 11.4. The standard InChI is InChI=1S/C11H14FNO/c1-11(2,10(13)14)7-8-3-5-9(12)6-4-8/h3-6H,7H2,1-2H3,(H2,13,14). The Morgan fingerprint density at radius 2 is 1.86 bits per heavy atom. The van der Waals surface area contributed by atoms with Gasteiger partial charge < -0.3 is 5.73 Å². The number of halogens is 1. The van der Waals surface area contributed by atoms with E-state index in [0.29, 0.717) is 6.42 Å². The zero-order chi connectivity index (χ0) is 10.8. The first-order chi connectivity index (χ1) is 6.42. The summed E-state index contributed by atoms with van der Waals surface area (Å²) >= 11 is 0. The molecule has 0 saturated carbocycles. The molecule has 1 aromatic rings. The molecule has 0 aliphatic rings. The highest BCUT2D eigenvalue weighted by Gasteiger charge is 2.24. The van der Waals surface area contributed by atoms with Crippen molar-refractivity contribution in [2.24, 2.45) is 11.1 Å². The van der Waals surface area contributed by atoms with Crippen molar-refractivity contribution in [3.63, 3.8) is 0 Å². The minimum atomic E-state index is -0.585. The van der Waals surface area contributed by atoms with Gasteiger partial charge in [-0.2, -0.15) is 0 Å². The Morgan fingerprint density at radius 3 is 2.29 bits per heavy atom. The van der Waals surface area contributed by atoms with Crippen LogP contribution in [0.5, 0.6) is 0 Å². The van der Waals surface area contributed by atoms with Gasteiger partial charge in [0.1, 0.15) is 5.82 Å². The lowest BCUT2D eigenvalue weighted by Crippen LogP contribution is -2.33. The van der Waals surface area contributed by atoms with Crippen LogP contribution < -0.4 is 5.73 Å². The van der Waals surface area contributed by atoms with Gasteiger partial charge in [-0.3, -0.25) is 4.79 Å². The molecule has 0 atom stereocenters. The van der Waals surface area contributed by atoms with Crippen molar-refractivity contribution in [3.8, 4) is 0 Å². The number of nitrogens with two attached hydrogens (primary N) is 1. The van der Waals surface area contributed by atoms with Crippen molar-refractivity contribution in [2.75, 3.05) is 0 Å². The maximum Gasteiger partial charge on any atom is 0.223 e. The summed E-state index contributed by atoms with van der Waals surface area (Å²) in [6.45, 7) is 3.55. The van der Waals surface area contributed by atoms with Crippen LogP contribution in [-0.2, 0) is 11.2 Å². The number of rotatable bonds is 3. The Hall–Kier alpha value is -1.38. The van der Waals surface area contributed by atoms with E-state index in [4.69, 9.17) is 5.73 Å². The number of benzene rings is 1. The Morgan fingerprint density at radius 1 is 1.36 bits per heavy atom. The fourth-order valence-corrected chi connectivity index (χ4v) is 1.20. The molecular weight excluding hydrogens is 181 g/mol. The monoisotopic (exact) mass is 195 g/mol. The van der Waals surface area contributed by atoms with Gasteiger partial charge in [0.05, 0.1) is 0 Å². The first kappa shape index (κ1) is 10.7. The predicted octanol–water partition coefficient (Wildman–Crippen LogP) is 1.88. The predicted molar refractivity (Wildman–Crippen MR) is 53.1 cm³/mol. The average molecular weight is 195 g/mol. The lowest BCUT2D eigenvalue weighted by molar-refractivity contribution is -0.125. The van der Waals surface area contributed by atoms with Crippen molar-refractivity contribution < 1.29 is 9.18 Å². The van der Waals surface area contributed by atoms with E-state index < -0.39 is 5.41 Å². The highest BCUT2D eigenvalue weighted by molar-refractivity contribution is 5.80. The van der Waals surface area contributed by atoms with Gasteiger partial charge in [0, 0.05) is 5.41 Å². The number of carbonyl (C=O) groups excluding carboxylic acids is 1. The smallest absolute Gasteiger partial charge is 0.223 e. The number of hydrogen-bond acceptors (Lipinski definition) is 1. The maximum absolute atomic E-state index is 12.6. The lowest BCUT2D eigenvalue weighted by atomic mass is 9.85. The number of hydrogen-bond donors (Lipinski definition) is 1. The van der Waals surface area contributed by atoms with Crippen LogP contribution in [0.15, 0.2) is 24.3 Å². The van der Waals surface area contributed by atoms with E-state index in [-0.39, 0.29) is 11.7 Å². The first-order valence-corrected chi connectivity index (χ1v) is 4.46. The third-order valence-electron chi connectivity index (χ3n) is 2.23. The Balaban J connectivity index is 2.79. The van der Waals surface area contributed by atoms with Gasteiger partial charge in [-0.1, -0.05) is 26.0 Å². The summed E-state index contributed by atoms with van der Waals surface area (Å²) in [6, 6.07) is 6.10. The van der Waals surface area contributed by atoms with E-state index in [1.54, 1.807) is 26.0 Å². The molecular formula is C11H14FNO. The molecule has 1 amide bonds. The molecule has 14 heavy (non-hydrogen) atoms. The third kappa shape index (κ3) is 2.55. The molecule has 0 saturated heterocycles. The van der Waals surface area contributed by atoms with Crippen molar-refractivity contribution in [3.05, 3.63) is 35.6 Å². The molecule has 1 rings (SSSR count). The first-order valence-electron chi connectivity index (χ1n) is 4.46. The van der Waals surface area contributed by atoms with Gasteiger partial charge in [-0.25, -0.2) is 4.39 Å². The zero-order valence-corrected chi connectivity index (χ0v) is 8.38. The summed E-state index contributed by atoms with van der Waals surface area (Å²) in [5.41, 5.74) is 5.56. The second-order valence-corrected chi connectivity index (χ2v) is 4.05. The number of carbonyl (C=O) groups is 1. The molecule has 0 aliphatic heterocycles. The van der Waals surface area contributed by atoms with E-state index >= 15 is 0 Å². The molecule has 76 valence electrons. The minimum absolute atomic E-state index is 0.273. The molecule has 0 heterocycles. The summed E-state index contributed by atoms with van der Waals surface area (Å²) in [6.07, 6.45) is 0.530. The second kappa shape index (κ2) is 3.78. The Bertz CT molecular complexity index is 330. The van der Waals surface area contributed by atoms with Crippen molar-refractivity contribution in [2.45, 2.75) is 20.3 Å². The molecule has 1 aromatic carbocycles. The second-order valence-electron chi connectivity index (χ2n) is 4.05. The molecule has 3 heteroatoms. The summed E-state index contributed by atoms with van der Waals surface area (Å²) in [4.78, 5) is 11.0. The lowest BCUT2D eigenvalue weighted by Gasteiger charge is -2.20. The molecule has 0 aromatic heterocycles. The summed E-state index contributed by atoms with van der Waals surface area (Å²) in [7, 11) is 0. The van der Waals surface area contributed by atoms with Crippen LogP contribution in [0, 0.1) is 11.2 Å². The minimum Gasteiger partial charge on any atom is -0.369 e. The molecule has 0 radical (unpaired) electrons. The van der Waals surface area contributed by atoms with E-state index in [1.165, 1.54) is 12.1 Å². The fourth-order valence-electron chi connectivity index (χ4n) is 1.20. The van der Waals surface area contributed by atoms with E-state index in [1.807, 2.05) is 0 Å². The van der Waals surface area contributed by atoms with Gasteiger partial charge in [0.15, 0.2) is 0 Å². The number of amides is 1. The molecule has 0 spiro atoms. The van der Waals surface area contributed by atoms with Crippen molar-refractivity contribution in [1.82, 2.24) is 0 Å². The topological polar surface area (TPSA) is 43.1 Å². The van der Waals surface area contributed by atoms with Crippen LogP contribution in [-0.4, -0.2) is 5.91 Å². The molecule has 2 nitrogen and oxygen atoms in total.